The number of aromatic nitrogens is 3. The Morgan fingerprint density at radius 2 is 2.29 bits per heavy atom. The molecule has 0 aliphatic heterocycles. The minimum Gasteiger partial charge on any atom is -0.466 e. The molecule has 0 spiro atoms. The number of esters is 1. The molecule has 90 valence electrons. The highest BCUT2D eigenvalue weighted by Crippen LogP contribution is 2.18. The van der Waals surface area contributed by atoms with Gasteiger partial charge in [0.15, 0.2) is 0 Å². The summed E-state index contributed by atoms with van der Waals surface area (Å²) >= 11 is 5.84. The minimum atomic E-state index is -0.303. The first-order valence-electron chi connectivity index (χ1n) is 5.27. The second kappa shape index (κ2) is 4.71. The van der Waals surface area contributed by atoms with Crippen LogP contribution in [0.1, 0.15) is 18.4 Å². The van der Waals surface area contributed by atoms with Gasteiger partial charge in [0.25, 0.3) is 0 Å². The molecular weight excluding hydrogens is 242 g/mol. The molecule has 17 heavy (non-hydrogen) atoms. The number of nitrogens with one attached hydrogen (secondary N) is 1. The minimum absolute atomic E-state index is 0.125. The molecule has 5 nitrogen and oxygen atoms in total. The molecule has 0 bridgehead atoms. The topological polar surface area (TPSA) is 67.9 Å². The number of ether oxygens (including phenoxy) is 1. The molecule has 0 fully saturated rings. The third-order valence-electron chi connectivity index (χ3n) is 2.28. The standard InChI is InChI=1S/C11H12ClN3O2/c1-3-17-10(16)5-9-14-7-4-8(12)13-6(2)11(7)15-9/h4H,3,5H2,1-2H3,(H,14,15). The Labute approximate surface area is 103 Å². The zero-order valence-corrected chi connectivity index (χ0v) is 10.3. The third-order valence-corrected chi connectivity index (χ3v) is 2.47. The third kappa shape index (κ3) is 2.55. The van der Waals surface area contributed by atoms with Crippen LogP contribution >= 0.6 is 11.6 Å². The molecule has 0 amide bonds. The van der Waals surface area contributed by atoms with Gasteiger partial charge in [0.05, 0.1) is 17.8 Å². The fourth-order valence-electron chi connectivity index (χ4n) is 1.62. The zero-order valence-electron chi connectivity index (χ0n) is 9.58. The number of aryl methyl sites for hydroxylation is 1. The van der Waals surface area contributed by atoms with Gasteiger partial charge in [-0.15, -0.1) is 0 Å². The zero-order chi connectivity index (χ0) is 12.4. The molecule has 2 rings (SSSR count). The fraction of sp³-hybridized carbons (Fsp3) is 0.364. The van der Waals surface area contributed by atoms with Gasteiger partial charge >= 0.3 is 5.97 Å². The number of nitrogens with zero attached hydrogens (tertiary/aromatic N) is 2. The van der Waals surface area contributed by atoms with Crippen molar-refractivity contribution in [3.63, 3.8) is 0 Å². The number of rotatable bonds is 3. The predicted molar refractivity (Wildman–Crippen MR) is 64.0 cm³/mol. The number of imidazole rings is 1. The van der Waals surface area contributed by atoms with Gasteiger partial charge < -0.3 is 9.72 Å². The van der Waals surface area contributed by atoms with Gasteiger partial charge in [0.1, 0.15) is 22.9 Å². The molecule has 2 aromatic heterocycles. The summed E-state index contributed by atoms with van der Waals surface area (Å²) in [6, 6.07) is 1.69. The Balaban J connectivity index is 2.32. The number of carbonyl (C=O) groups is 1. The Bertz CT molecular complexity index is 565. The van der Waals surface area contributed by atoms with Crippen molar-refractivity contribution in [2.75, 3.05) is 6.61 Å². The molecule has 0 atom stereocenters. The van der Waals surface area contributed by atoms with Crippen LogP contribution in [0.25, 0.3) is 11.0 Å². The largest absolute Gasteiger partial charge is 0.466 e. The van der Waals surface area contributed by atoms with E-state index in [1.54, 1.807) is 13.0 Å². The van der Waals surface area contributed by atoms with Crippen molar-refractivity contribution in [2.24, 2.45) is 0 Å². The molecule has 0 radical (unpaired) electrons. The van der Waals surface area contributed by atoms with Crippen molar-refractivity contribution < 1.29 is 9.53 Å². The number of carbonyl (C=O) groups excluding carboxylic acids is 1. The first-order valence-corrected chi connectivity index (χ1v) is 5.65. The lowest BCUT2D eigenvalue weighted by Gasteiger charge is -1.97. The Hall–Kier alpha value is -1.62. The van der Waals surface area contributed by atoms with E-state index in [9.17, 15) is 4.79 Å². The summed E-state index contributed by atoms with van der Waals surface area (Å²) in [6.45, 7) is 3.96. The quantitative estimate of drug-likeness (QED) is 0.671. The molecule has 0 saturated heterocycles. The van der Waals surface area contributed by atoms with Crippen LogP contribution in [0.15, 0.2) is 6.07 Å². The van der Waals surface area contributed by atoms with Gasteiger partial charge in [-0.3, -0.25) is 4.79 Å². The lowest BCUT2D eigenvalue weighted by Crippen LogP contribution is -2.08. The Morgan fingerprint density at radius 3 is 3.00 bits per heavy atom. The van der Waals surface area contributed by atoms with E-state index in [0.717, 1.165) is 16.7 Å². The number of aromatic amines is 1. The van der Waals surface area contributed by atoms with E-state index in [0.29, 0.717) is 17.6 Å². The van der Waals surface area contributed by atoms with Crippen LogP contribution in [-0.2, 0) is 16.0 Å². The summed E-state index contributed by atoms with van der Waals surface area (Å²) in [6.07, 6.45) is 0.125. The second-order valence-electron chi connectivity index (χ2n) is 3.59. The van der Waals surface area contributed by atoms with Crippen molar-refractivity contribution in [1.29, 1.82) is 0 Å². The summed E-state index contributed by atoms with van der Waals surface area (Å²) in [5.74, 6) is 0.258. The van der Waals surface area contributed by atoms with Gasteiger partial charge in [-0.1, -0.05) is 11.6 Å². The maximum atomic E-state index is 11.3. The monoisotopic (exact) mass is 253 g/mol. The first-order chi connectivity index (χ1) is 8.10. The highest BCUT2D eigenvalue weighted by molar-refractivity contribution is 6.30. The molecule has 2 aromatic rings. The molecule has 0 unspecified atom stereocenters. The Kier molecular flexibility index (Phi) is 3.28. The summed E-state index contributed by atoms with van der Waals surface area (Å²) in [5, 5.41) is 0.404. The van der Waals surface area contributed by atoms with Gasteiger partial charge in [0.2, 0.25) is 0 Å². The van der Waals surface area contributed by atoms with Crippen molar-refractivity contribution in [1.82, 2.24) is 15.0 Å². The molecule has 0 aromatic carbocycles. The van der Waals surface area contributed by atoms with Crippen molar-refractivity contribution >= 4 is 28.6 Å². The molecular formula is C11H12ClN3O2. The molecule has 0 aliphatic carbocycles. The number of halogens is 1. The number of H-pyrrole nitrogens is 1. The van der Waals surface area contributed by atoms with Crippen LogP contribution in [0.3, 0.4) is 0 Å². The fourth-order valence-corrected chi connectivity index (χ4v) is 1.85. The lowest BCUT2D eigenvalue weighted by molar-refractivity contribution is -0.142. The van der Waals surface area contributed by atoms with E-state index in [2.05, 4.69) is 15.0 Å². The van der Waals surface area contributed by atoms with Crippen LogP contribution in [0, 0.1) is 6.92 Å². The number of pyridine rings is 1. The maximum absolute atomic E-state index is 11.3. The van der Waals surface area contributed by atoms with Crippen LogP contribution < -0.4 is 0 Å². The highest BCUT2D eigenvalue weighted by Gasteiger charge is 2.11. The number of hydrogen-bond donors (Lipinski definition) is 1. The van der Waals surface area contributed by atoms with Crippen molar-refractivity contribution in [3.05, 3.63) is 22.7 Å². The van der Waals surface area contributed by atoms with Crippen LogP contribution in [0.4, 0.5) is 0 Å². The summed E-state index contributed by atoms with van der Waals surface area (Å²) in [5.41, 5.74) is 2.24. The second-order valence-corrected chi connectivity index (χ2v) is 3.98. The molecule has 0 saturated carbocycles. The Morgan fingerprint density at radius 1 is 1.53 bits per heavy atom. The van der Waals surface area contributed by atoms with E-state index in [-0.39, 0.29) is 12.4 Å². The van der Waals surface area contributed by atoms with Gasteiger partial charge in [0, 0.05) is 6.07 Å². The van der Waals surface area contributed by atoms with E-state index < -0.39 is 0 Å². The van der Waals surface area contributed by atoms with E-state index >= 15 is 0 Å². The van der Waals surface area contributed by atoms with Gasteiger partial charge in [-0.05, 0) is 13.8 Å². The van der Waals surface area contributed by atoms with Gasteiger partial charge in [-0.2, -0.15) is 0 Å². The maximum Gasteiger partial charge on any atom is 0.313 e. The normalized spacial score (nSPS) is 10.8. The van der Waals surface area contributed by atoms with E-state index in [4.69, 9.17) is 16.3 Å². The summed E-state index contributed by atoms with van der Waals surface area (Å²) in [7, 11) is 0. The summed E-state index contributed by atoms with van der Waals surface area (Å²) < 4.78 is 4.86. The lowest BCUT2D eigenvalue weighted by atomic mass is 10.3. The smallest absolute Gasteiger partial charge is 0.313 e. The molecule has 2 heterocycles. The van der Waals surface area contributed by atoms with Crippen LogP contribution in [0.5, 0.6) is 0 Å². The highest BCUT2D eigenvalue weighted by atomic mass is 35.5. The van der Waals surface area contributed by atoms with Crippen LogP contribution in [-0.4, -0.2) is 27.5 Å². The van der Waals surface area contributed by atoms with E-state index in [1.807, 2.05) is 6.92 Å². The SMILES string of the molecule is CCOC(=O)Cc1nc2c(C)nc(Cl)cc2[nH]1. The average Bonchev–Trinajstić information content (AvgIpc) is 2.60. The molecule has 6 heteroatoms. The van der Waals surface area contributed by atoms with Crippen molar-refractivity contribution in [3.8, 4) is 0 Å². The van der Waals surface area contributed by atoms with Gasteiger partial charge in [-0.25, -0.2) is 9.97 Å². The van der Waals surface area contributed by atoms with Crippen molar-refractivity contribution in [2.45, 2.75) is 20.3 Å². The number of hydrogen-bond acceptors (Lipinski definition) is 4. The summed E-state index contributed by atoms with van der Waals surface area (Å²) in [4.78, 5) is 22.7. The molecule has 0 aliphatic rings. The van der Waals surface area contributed by atoms with Crippen LogP contribution in [0.2, 0.25) is 5.15 Å². The van der Waals surface area contributed by atoms with E-state index in [1.165, 1.54) is 0 Å². The molecule has 1 N–H and O–H groups in total. The average molecular weight is 254 g/mol. The number of fused-ring (bicyclic) bond motifs is 1. The first kappa shape index (κ1) is 11.9. The predicted octanol–water partition coefficient (Wildman–Crippen LogP) is 2.03.